The topological polar surface area (TPSA) is 81.7 Å². The molecule has 1 unspecified atom stereocenters. The Kier molecular flexibility index (Phi) is 5.91. The summed E-state index contributed by atoms with van der Waals surface area (Å²) >= 11 is 6.71. The molecule has 6 rings (SSSR count). The molecule has 1 N–H and O–H groups in total. The first-order valence-electron chi connectivity index (χ1n) is 12.7. The monoisotopic (exact) mass is 500 g/mol. The fourth-order valence-corrected chi connectivity index (χ4v) is 6.58. The minimum atomic E-state index is -0.757. The summed E-state index contributed by atoms with van der Waals surface area (Å²) in [5.41, 5.74) is 7.91. The number of hydrogen-bond acceptors (Lipinski definition) is 4. The average Bonchev–Trinajstić information content (AvgIpc) is 3.20. The van der Waals surface area contributed by atoms with E-state index in [0.29, 0.717) is 25.9 Å². The average molecular weight is 501 g/mol. The van der Waals surface area contributed by atoms with E-state index in [1.807, 2.05) is 18.5 Å². The number of rotatable bonds is 3. The molecule has 6 nitrogen and oxygen atoms in total. The Morgan fingerprint density at radius 1 is 1.14 bits per heavy atom. The molecule has 2 aliphatic rings. The van der Waals surface area contributed by atoms with E-state index in [1.54, 1.807) is 24.5 Å². The molecule has 0 bridgehead atoms. The zero-order chi connectivity index (χ0) is 24.9. The van der Waals surface area contributed by atoms with Gasteiger partial charge >= 0.3 is 5.91 Å². The predicted octanol–water partition coefficient (Wildman–Crippen LogP) is 5.64. The lowest BCUT2D eigenvalue weighted by atomic mass is 9.75. The van der Waals surface area contributed by atoms with Crippen molar-refractivity contribution in [1.29, 1.82) is 0 Å². The number of carbonyl (C=O) groups is 1. The molecular formula is C29H29ClN4O2. The molecule has 4 aromatic rings. The van der Waals surface area contributed by atoms with Crippen LogP contribution < -0.4 is 0 Å². The predicted molar refractivity (Wildman–Crippen MR) is 141 cm³/mol. The number of fused-ring (bicyclic) bond motifs is 4. The van der Waals surface area contributed by atoms with Crippen LogP contribution in [0, 0.1) is 18.0 Å². The summed E-state index contributed by atoms with van der Waals surface area (Å²) in [6, 6.07) is 9.91. The summed E-state index contributed by atoms with van der Waals surface area (Å²) < 4.78 is -0.757. The molecule has 7 heteroatoms. The van der Waals surface area contributed by atoms with Crippen molar-refractivity contribution in [3.05, 3.63) is 98.9 Å². The molecule has 4 heterocycles. The van der Waals surface area contributed by atoms with Crippen molar-refractivity contribution >= 4 is 28.4 Å². The summed E-state index contributed by atoms with van der Waals surface area (Å²) in [5.74, 6) is 0.0233. The largest absolute Gasteiger partial charge is 0.625 e. The number of pyridine rings is 2. The van der Waals surface area contributed by atoms with Gasteiger partial charge in [0, 0.05) is 48.9 Å². The standard InChI is InChI=1S/C29H29ClN4O2/c1-18-17-33-29-23(30)16-22-5-4-21-3-2-10-32-28(21)27(26(22)25(18)29)20-8-13-34(36,14-9-20)24(35)15-19-6-11-31-12-7-19/h2-3,6-7,10-12,16-17,20,27,33H,4-5,8-9,13-15H2,1H3. The second-order valence-corrected chi connectivity index (χ2v) is 10.7. The second-order valence-electron chi connectivity index (χ2n) is 10.3. The number of likely N-dealkylation sites (tertiary alicyclic amines) is 1. The Morgan fingerprint density at radius 3 is 2.67 bits per heavy atom. The van der Waals surface area contributed by atoms with Crippen LogP contribution in [-0.4, -0.2) is 38.6 Å². The molecule has 1 aromatic carbocycles. The summed E-state index contributed by atoms with van der Waals surface area (Å²) in [6.07, 6.45) is 10.6. The van der Waals surface area contributed by atoms with Crippen molar-refractivity contribution in [2.75, 3.05) is 13.1 Å². The number of H-pyrrole nitrogens is 1. The van der Waals surface area contributed by atoms with Crippen molar-refractivity contribution in [2.24, 2.45) is 5.92 Å². The van der Waals surface area contributed by atoms with Gasteiger partial charge in [-0.2, -0.15) is 0 Å². The summed E-state index contributed by atoms with van der Waals surface area (Å²) in [5, 5.41) is 15.5. The van der Waals surface area contributed by atoms with Crippen LogP contribution in [-0.2, 0) is 24.1 Å². The third-order valence-electron chi connectivity index (χ3n) is 8.18. The number of carbonyl (C=O) groups excluding carboxylic acids is 1. The fraction of sp³-hybridized carbons (Fsp3) is 0.345. The van der Waals surface area contributed by atoms with Gasteiger partial charge in [0.15, 0.2) is 0 Å². The summed E-state index contributed by atoms with van der Waals surface area (Å²) in [6.45, 7) is 2.71. The number of aromatic amines is 1. The van der Waals surface area contributed by atoms with E-state index in [1.165, 1.54) is 27.6 Å². The highest BCUT2D eigenvalue weighted by atomic mass is 35.5. The van der Waals surface area contributed by atoms with Gasteiger partial charge in [-0.3, -0.25) is 14.6 Å². The van der Waals surface area contributed by atoms with Crippen LogP contribution in [0.15, 0.2) is 55.1 Å². The Labute approximate surface area is 215 Å². The smallest absolute Gasteiger partial charge is 0.318 e. The van der Waals surface area contributed by atoms with Gasteiger partial charge in [-0.25, -0.2) is 4.79 Å². The number of hydroxylamine groups is 3. The van der Waals surface area contributed by atoms with Crippen molar-refractivity contribution in [3.63, 3.8) is 0 Å². The maximum Gasteiger partial charge on any atom is 0.318 e. The molecule has 1 aliphatic heterocycles. The lowest BCUT2D eigenvalue weighted by molar-refractivity contribution is -0.811. The van der Waals surface area contributed by atoms with Crippen molar-refractivity contribution in [1.82, 2.24) is 15.0 Å². The highest BCUT2D eigenvalue weighted by Crippen LogP contribution is 2.47. The van der Waals surface area contributed by atoms with Crippen LogP contribution in [0.2, 0.25) is 5.02 Å². The maximum atomic E-state index is 13.6. The Balaban J connectivity index is 1.37. The summed E-state index contributed by atoms with van der Waals surface area (Å²) in [7, 11) is 0. The zero-order valence-corrected chi connectivity index (χ0v) is 21.1. The number of nitrogens with one attached hydrogen (secondary N) is 1. The van der Waals surface area contributed by atoms with Gasteiger partial charge in [-0.05, 0) is 77.8 Å². The number of hydrogen-bond donors (Lipinski definition) is 1. The molecule has 1 aliphatic carbocycles. The third-order valence-corrected chi connectivity index (χ3v) is 8.48. The van der Waals surface area contributed by atoms with E-state index in [4.69, 9.17) is 16.6 Å². The van der Waals surface area contributed by atoms with Gasteiger partial charge in [0.2, 0.25) is 0 Å². The lowest BCUT2D eigenvalue weighted by Crippen LogP contribution is -2.53. The number of aromatic nitrogens is 3. The van der Waals surface area contributed by atoms with Crippen LogP contribution in [0.3, 0.4) is 0 Å². The van der Waals surface area contributed by atoms with Crippen molar-refractivity contribution in [2.45, 2.75) is 44.9 Å². The Morgan fingerprint density at radius 2 is 1.89 bits per heavy atom. The second kappa shape index (κ2) is 9.11. The van der Waals surface area contributed by atoms with E-state index in [-0.39, 0.29) is 24.2 Å². The van der Waals surface area contributed by atoms with Crippen LogP contribution in [0.25, 0.3) is 10.9 Å². The van der Waals surface area contributed by atoms with Gasteiger partial charge in [0.05, 0.1) is 35.7 Å². The highest BCUT2D eigenvalue weighted by molar-refractivity contribution is 6.35. The number of amides is 1. The fourth-order valence-electron chi connectivity index (χ4n) is 6.30. The normalized spacial score (nSPS) is 23.6. The van der Waals surface area contributed by atoms with Crippen LogP contribution in [0.1, 0.15) is 52.3 Å². The van der Waals surface area contributed by atoms with E-state index < -0.39 is 4.65 Å². The Bertz CT molecular complexity index is 1440. The third kappa shape index (κ3) is 3.94. The number of aryl methyl sites for hydroxylation is 3. The number of halogens is 1. The minimum Gasteiger partial charge on any atom is -0.625 e. The van der Waals surface area contributed by atoms with E-state index >= 15 is 0 Å². The maximum absolute atomic E-state index is 13.6. The number of quaternary nitrogens is 1. The van der Waals surface area contributed by atoms with Crippen LogP contribution >= 0.6 is 11.6 Å². The van der Waals surface area contributed by atoms with Crippen LogP contribution in [0.4, 0.5) is 0 Å². The molecule has 0 saturated carbocycles. The number of benzene rings is 1. The quantitative estimate of drug-likeness (QED) is 0.291. The molecule has 3 aromatic heterocycles. The van der Waals surface area contributed by atoms with E-state index in [9.17, 15) is 10.0 Å². The minimum absolute atomic E-state index is 0.0667. The SMILES string of the molecule is Cc1c[nH]c2c(Cl)cc3c(c12)C(C1CC[N+]([O-])(C(=O)Cc2ccncc2)CC1)c1ncccc1CC3. The molecule has 0 spiro atoms. The zero-order valence-electron chi connectivity index (χ0n) is 20.3. The van der Waals surface area contributed by atoms with Crippen molar-refractivity contribution in [3.8, 4) is 0 Å². The molecule has 36 heavy (non-hydrogen) atoms. The Hall–Kier alpha value is -3.06. The highest BCUT2D eigenvalue weighted by Gasteiger charge is 2.40. The first-order valence-corrected chi connectivity index (χ1v) is 13.1. The molecule has 1 amide bonds. The molecule has 184 valence electrons. The summed E-state index contributed by atoms with van der Waals surface area (Å²) in [4.78, 5) is 25.3. The number of piperidine rings is 1. The molecular weight excluding hydrogens is 472 g/mol. The van der Waals surface area contributed by atoms with Gasteiger partial charge in [0.1, 0.15) is 0 Å². The van der Waals surface area contributed by atoms with E-state index in [2.05, 4.69) is 29.0 Å². The number of nitrogens with zero attached hydrogens (tertiary/aromatic N) is 3. The van der Waals surface area contributed by atoms with Gasteiger partial charge in [0.25, 0.3) is 0 Å². The van der Waals surface area contributed by atoms with Gasteiger partial charge in [-0.1, -0.05) is 17.7 Å². The molecule has 1 saturated heterocycles. The first kappa shape index (κ1) is 23.3. The van der Waals surface area contributed by atoms with Crippen LogP contribution in [0.5, 0.6) is 0 Å². The van der Waals surface area contributed by atoms with Crippen molar-refractivity contribution < 1.29 is 9.44 Å². The molecule has 1 fully saturated rings. The molecule has 1 atom stereocenters. The van der Waals surface area contributed by atoms with Gasteiger partial charge in [-0.15, -0.1) is 0 Å². The van der Waals surface area contributed by atoms with E-state index in [0.717, 1.165) is 34.6 Å². The van der Waals surface area contributed by atoms with Gasteiger partial charge < -0.3 is 10.2 Å². The lowest BCUT2D eigenvalue weighted by Gasteiger charge is -2.46. The first-order chi connectivity index (χ1) is 17.4. The molecule has 0 radical (unpaired) electrons.